The van der Waals surface area contributed by atoms with E-state index in [1.165, 1.54) is 33.7 Å². The van der Waals surface area contributed by atoms with Gasteiger partial charge in [-0.1, -0.05) is 24.6 Å². The number of hydrogen-bond acceptors (Lipinski definition) is 3. The lowest BCUT2D eigenvalue weighted by atomic mass is 9.95. The van der Waals surface area contributed by atoms with Gasteiger partial charge in [0, 0.05) is 17.0 Å². The molecule has 0 amide bonds. The van der Waals surface area contributed by atoms with Gasteiger partial charge in [0.2, 0.25) is 0 Å². The third-order valence-corrected chi connectivity index (χ3v) is 6.72. The molecule has 162 valence electrons. The summed E-state index contributed by atoms with van der Waals surface area (Å²) in [6.45, 7) is 15.4. The van der Waals surface area contributed by atoms with E-state index >= 15 is 0 Å². The number of anilines is 1. The van der Waals surface area contributed by atoms with E-state index in [4.69, 9.17) is 0 Å². The normalized spacial score (nSPS) is 17.9. The fourth-order valence-corrected chi connectivity index (χ4v) is 4.68. The maximum atomic E-state index is 12.3. The van der Waals surface area contributed by atoms with Gasteiger partial charge in [-0.25, -0.2) is 4.58 Å². The van der Waals surface area contributed by atoms with Crippen LogP contribution in [0.3, 0.4) is 0 Å². The van der Waals surface area contributed by atoms with E-state index < -0.39 is 0 Å². The van der Waals surface area contributed by atoms with E-state index in [2.05, 4.69) is 66.9 Å². The van der Waals surface area contributed by atoms with Crippen molar-refractivity contribution in [3.8, 4) is 0 Å². The van der Waals surface area contributed by atoms with Gasteiger partial charge in [0.25, 0.3) is 0 Å². The van der Waals surface area contributed by atoms with Crippen LogP contribution < -0.4 is 10.2 Å². The van der Waals surface area contributed by atoms with Crippen molar-refractivity contribution in [2.75, 3.05) is 37.6 Å². The molecule has 4 heteroatoms. The predicted molar refractivity (Wildman–Crippen MR) is 127 cm³/mol. The average molecular weight is 409 g/mol. The van der Waals surface area contributed by atoms with E-state index in [1.807, 2.05) is 0 Å². The first-order chi connectivity index (χ1) is 14.4. The Bertz CT molecular complexity index is 882. The van der Waals surface area contributed by atoms with Crippen LogP contribution in [0.4, 0.5) is 5.69 Å². The molecule has 1 aliphatic carbocycles. The third-order valence-electron chi connectivity index (χ3n) is 6.72. The van der Waals surface area contributed by atoms with Crippen LogP contribution in [-0.4, -0.2) is 49.3 Å². The maximum Gasteiger partial charge on any atom is 0.160 e. The number of ketones is 1. The lowest BCUT2D eigenvalue weighted by Crippen LogP contribution is -2.43. The lowest BCUT2D eigenvalue weighted by molar-refractivity contribution is -0.525. The molecule has 0 bridgehead atoms. The second kappa shape index (κ2) is 10.1. The van der Waals surface area contributed by atoms with E-state index in [9.17, 15) is 4.79 Å². The first-order valence-corrected chi connectivity index (χ1v) is 11.5. The quantitative estimate of drug-likeness (QED) is 0.531. The molecule has 0 saturated carbocycles. The van der Waals surface area contributed by atoms with E-state index in [0.29, 0.717) is 0 Å². The van der Waals surface area contributed by atoms with Crippen LogP contribution in [0.5, 0.6) is 0 Å². The summed E-state index contributed by atoms with van der Waals surface area (Å²) in [6, 6.07) is 6.60. The third kappa shape index (κ3) is 5.03. The number of piperazine rings is 1. The fraction of sp³-hybridized carbons (Fsp3) is 0.538. The molecule has 0 unspecified atom stereocenters. The number of allylic oxidation sites excluding steroid dienone is 4. The number of nitrogens with one attached hydrogen (secondary N) is 1. The molecule has 1 heterocycles. The Morgan fingerprint density at radius 1 is 1.17 bits per heavy atom. The van der Waals surface area contributed by atoms with E-state index in [-0.39, 0.29) is 5.78 Å². The van der Waals surface area contributed by atoms with Gasteiger partial charge in [-0.2, -0.15) is 0 Å². The Morgan fingerprint density at radius 2 is 1.90 bits per heavy atom. The molecule has 1 N–H and O–H groups in total. The first-order valence-electron chi connectivity index (χ1n) is 11.5. The number of Topliss-reactive ketones (excluding diaryl/α,β-unsaturated/α-hetero) is 1. The van der Waals surface area contributed by atoms with Crippen molar-refractivity contribution in [1.82, 2.24) is 5.32 Å². The van der Waals surface area contributed by atoms with Gasteiger partial charge in [-0.05, 0) is 76.1 Å². The van der Waals surface area contributed by atoms with Gasteiger partial charge in [0.15, 0.2) is 25.1 Å². The van der Waals surface area contributed by atoms with Crippen LogP contribution in [0.15, 0.2) is 40.6 Å². The largest absolute Gasteiger partial charge is 0.379 e. The van der Waals surface area contributed by atoms with Gasteiger partial charge in [-0.3, -0.25) is 4.79 Å². The molecule has 0 spiro atoms. The van der Waals surface area contributed by atoms with E-state index in [0.717, 1.165) is 64.0 Å². The molecule has 1 saturated heterocycles. The molecule has 1 aliphatic heterocycles. The summed E-state index contributed by atoms with van der Waals surface area (Å²) in [6.07, 6.45) is 6.44. The minimum Gasteiger partial charge on any atom is -0.379 e. The molecule has 2 aliphatic rings. The highest BCUT2D eigenvalue weighted by Crippen LogP contribution is 2.32. The molecular weight excluding hydrogens is 370 g/mol. The zero-order valence-corrected chi connectivity index (χ0v) is 19.5. The van der Waals surface area contributed by atoms with Crippen LogP contribution in [-0.2, 0) is 4.79 Å². The fourth-order valence-electron chi connectivity index (χ4n) is 4.68. The SMILES string of the molecule is CCC(C)=C(C(C)=O)C1=C(NCC=[N+]2CCN(c3cccc(C)c3C)CC2)CCC1. The van der Waals surface area contributed by atoms with Crippen molar-refractivity contribution in [1.29, 1.82) is 0 Å². The smallest absolute Gasteiger partial charge is 0.160 e. The van der Waals surface area contributed by atoms with Crippen LogP contribution in [0.1, 0.15) is 57.6 Å². The van der Waals surface area contributed by atoms with Gasteiger partial charge in [-0.15, -0.1) is 0 Å². The van der Waals surface area contributed by atoms with Crippen LogP contribution in [0.2, 0.25) is 0 Å². The number of carbonyl (C=O) groups excluding carboxylic acids is 1. The van der Waals surface area contributed by atoms with Gasteiger partial charge in [0.1, 0.15) is 0 Å². The molecule has 0 atom stereocenters. The monoisotopic (exact) mass is 408 g/mol. The Hall–Kier alpha value is -2.36. The van der Waals surface area contributed by atoms with Gasteiger partial charge in [0.05, 0.1) is 19.6 Å². The number of hydrogen-bond donors (Lipinski definition) is 1. The molecule has 1 aromatic rings. The maximum absolute atomic E-state index is 12.3. The summed E-state index contributed by atoms with van der Waals surface area (Å²) in [5, 5.41) is 3.64. The Kier molecular flexibility index (Phi) is 7.52. The van der Waals surface area contributed by atoms with Gasteiger partial charge >= 0.3 is 0 Å². The summed E-state index contributed by atoms with van der Waals surface area (Å²) in [5.41, 5.74) is 8.86. The summed E-state index contributed by atoms with van der Waals surface area (Å²) in [7, 11) is 0. The summed E-state index contributed by atoms with van der Waals surface area (Å²) >= 11 is 0. The lowest BCUT2D eigenvalue weighted by Gasteiger charge is -2.29. The number of benzene rings is 1. The van der Waals surface area contributed by atoms with Crippen molar-refractivity contribution < 1.29 is 9.37 Å². The highest BCUT2D eigenvalue weighted by Gasteiger charge is 2.23. The molecule has 1 aromatic carbocycles. The highest BCUT2D eigenvalue weighted by molar-refractivity contribution is 5.98. The molecule has 3 rings (SSSR count). The Morgan fingerprint density at radius 3 is 2.57 bits per heavy atom. The van der Waals surface area contributed by atoms with Crippen LogP contribution >= 0.6 is 0 Å². The van der Waals surface area contributed by atoms with Crippen LogP contribution in [0.25, 0.3) is 0 Å². The molecule has 0 aromatic heterocycles. The minimum atomic E-state index is 0.206. The number of aryl methyl sites for hydroxylation is 1. The van der Waals surface area contributed by atoms with Crippen molar-refractivity contribution in [2.24, 2.45) is 0 Å². The van der Waals surface area contributed by atoms with Crippen molar-refractivity contribution >= 4 is 17.7 Å². The Labute approximate surface area is 182 Å². The Balaban J connectivity index is 1.61. The number of rotatable bonds is 7. The number of carbonyl (C=O) groups is 1. The minimum absolute atomic E-state index is 0.206. The number of nitrogens with zero attached hydrogens (tertiary/aromatic N) is 2. The zero-order valence-electron chi connectivity index (χ0n) is 19.5. The summed E-state index contributed by atoms with van der Waals surface area (Å²) in [4.78, 5) is 14.8. The predicted octanol–water partition coefficient (Wildman–Crippen LogP) is 4.55. The topological polar surface area (TPSA) is 35.4 Å². The molecule has 30 heavy (non-hydrogen) atoms. The van der Waals surface area contributed by atoms with Crippen molar-refractivity contribution in [3.05, 3.63) is 51.7 Å². The molecular formula is C26H38N3O+. The molecule has 1 fully saturated rings. The van der Waals surface area contributed by atoms with E-state index in [1.54, 1.807) is 6.92 Å². The average Bonchev–Trinajstić information content (AvgIpc) is 3.18. The van der Waals surface area contributed by atoms with Gasteiger partial charge < -0.3 is 10.2 Å². The summed E-state index contributed by atoms with van der Waals surface area (Å²) in [5.74, 6) is 0.206. The van der Waals surface area contributed by atoms with Crippen LogP contribution in [0, 0.1) is 13.8 Å². The second-order valence-corrected chi connectivity index (χ2v) is 8.68. The second-order valence-electron chi connectivity index (χ2n) is 8.68. The highest BCUT2D eigenvalue weighted by atomic mass is 16.1. The standard InChI is InChI=1S/C26H38N3O/c1-6-19(2)26(22(5)30)23-10-8-11-24(23)27-13-14-28-15-17-29(18-16-28)25-12-7-9-20(3)21(25)4/h7,9,12,14,27H,6,8,10-11,13,15-18H2,1-5H3/q+1. The molecule has 4 nitrogen and oxygen atoms in total. The molecule has 0 radical (unpaired) electrons. The van der Waals surface area contributed by atoms with Crippen molar-refractivity contribution in [2.45, 2.75) is 60.3 Å². The summed E-state index contributed by atoms with van der Waals surface area (Å²) < 4.78 is 2.43. The zero-order chi connectivity index (χ0) is 21.7. The first kappa shape index (κ1) is 22.3. The van der Waals surface area contributed by atoms with Crippen molar-refractivity contribution in [3.63, 3.8) is 0 Å².